The van der Waals surface area contributed by atoms with E-state index in [0.717, 1.165) is 17.4 Å². The first-order valence-electron chi connectivity index (χ1n) is 7.09. The number of nitrogens with one attached hydrogen (secondary N) is 1. The zero-order valence-electron chi connectivity index (χ0n) is 12.9. The van der Waals surface area contributed by atoms with Gasteiger partial charge in [-0.2, -0.15) is 0 Å². The van der Waals surface area contributed by atoms with Crippen LogP contribution < -0.4 is 5.32 Å². The number of halogens is 1. The van der Waals surface area contributed by atoms with Crippen LogP contribution in [0.25, 0.3) is 0 Å². The smallest absolute Gasteiger partial charge is 0.224 e. The third kappa shape index (κ3) is 5.08. The van der Waals surface area contributed by atoms with Gasteiger partial charge in [0, 0.05) is 11.3 Å². The van der Waals surface area contributed by atoms with Crippen LogP contribution in [0.4, 0.5) is 0 Å². The molecule has 0 aliphatic carbocycles. The van der Waals surface area contributed by atoms with Crippen molar-refractivity contribution >= 4 is 27.3 Å². The molecule has 0 aromatic heterocycles. The van der Waals surface area contributed by atoms with Crippen molar-refractivity contribution in [1.29, 1.82) is 0 Å². The molecule has 4 nitrogen and oxygen atoms in total. The van der Waals surface area contributed by atoms with Crippen LogP contribution >= 0.6 is 11.6 Å². The average molecular weight is 352 g/mol. The third-order valence-corrected chi connectivity index (χ3v) is 4.80. The molecule has 0 radical (unpaired) electrons. The van der Waals surface area contributed by atoms with E-state index in [1.54, 1.807) is 42.5 Å². The Bertz CT molecular complexity index is 801. The maximum absolute atomic E-state index is 12.1. The molecular weight excluding hydrogens is 334 g/mol. The minimum atomic E-state index is -3.21. The van der Waals surface area contributed by atoms with Crippen LogP contribution in [0.3, 0.4) is 0 Å². The number of carbonyl (C=O) groups excluding carboxylic acids is 1. The first kappa shape index (κ1) is 17.5. The topological polar surface area (TPSA) is 63.2 Å². The summed E-state index contributed by atoms with van der Waals surface area (Å²) < 4.78 is 22.9. The number of benzene rings is 2. The molecular formula is C17H18ClNO3S. The first-order valence-corrected chi connectivity index (χ1v) is 9.36. The van der Waals surface area contributed by atoms with E-state index in [2.05, 4.69) is 5.32 Å². The molecule has 2 aromatic carbocycles. The predicted octanol–water partition coefficient (Wildman–Crippen LogP) is 3.16. The van der Waals surface area contributed by atoms with Crippen molar-refractivity contribution in [1.82, 2.24) is 5.32 Å². The zero-order chi connectivity index (χ0) is 17.0. The molecule has 0 aliphatic heterocycles. The molecule has 0 spiro atoms. The number of rotatable bonds is 5. The summed E-state index contributed by atoms with van der Waals surface area (Å²) in [5.74, 6) is -0.119. The second-order valence-electron chi connectivity index (χ2n) is 5.44. The van der Waals surface area contributed by atoms with Crippen LogP contribution in [-0.2, 0) is 21.1 Å². The molecule has 0 aliphatic rings. The molecule has 23 heavy (non-hydrogen) atoms. The van der Waals surface area contributed by atoms with E-state index in [4.69, 9.17) is 11.6 Å². The maximum atomic E-state index is 12.1. The highest BCUT2D eigenvalue weighted by molar-refractivity contribution is 7.90. The largest absolute Gasteiger partial charge is 0.349 e. The standard InChI is InChI=1S/C17H18ClNO3S/c1-12(14-6-8-16(9-7-14)23(2,21)22)19-17(20)11-13-4-3-5-15(18)10-13/h3-10,12H,11H2,1-2H3,(H,19,20)/t12-/m1/s1. The van der Waals surface area contributed by atoms with Gasteiger partial charge in [-0.05, 0) is 42.3 Å². The second-order valence-corrected chi connectivity index (χ2v) is 7.89. The van der Waals surface area contributed by atoms with Crippen molar-refractivity contribution in [2.75, 3.05) is 6.26 Å². The van der Waals surface area contributed by atoms with Gasteiger partial charge in [-0.3, -0.25) is 4.79 Å². The molecule has 0 fully saturated rings. The van der Waals surface area contributed by atoms with Crippen molar-refractivity contribution in [3.63, 3.8) is 0 Å². The fraction of sp³-hybridized carbons (Fsp3) is 0.235. The lowest BCUT2D eigenvalue weighted by molar-refractivity contribution is -0.121. The first-order chi connectivity index (χ1) is 10.8. The molecule has 0 saturated carbocycles. The molecule has 6 heteroatoms. The summed E-state index contributed by atoms with van der Waals surface area (Å²) in [6, 6.07) is 13.5. The second kappa shape index (κ2) is 7.15. The van der Waals surface area contributed by atoms with E-state index >= 15 is 0 Å². The average Bonchev–Trinajstić information content (AvgIpc) is 2.46. The molecule has 2 aromatic rings. The quantitative estimate of drug-likeness (QED) is 0.899. The normalized spacial score (nSPS) is 12.7. The van der Waals surface area contributed by atoms with Crippen LogP contribution in [0.5, 0.6) is 0 Å². The summed E-state index contributed by atoms with van der Waals surface area (Å²) in [7, 11) is -3.21. The molecule has 0 unspecified atom stereocenters. The monoisotopic (exact) mass is 351 g/mol. The lowest BCUT2D eigenvalue weighted by Crippen LogP contribution is -2.28. The van der Waals surface area contributed by atoms with Gasteiger partial charge in [0.15, 0.2) is 9.84 Å². The fourth-order valence-electron chi connectivity index (χ4n) is 2.21. The van der Waals surface area contributed by atoms with E-state index in [0.29, 0.717) is 5.02 Å². The summed E-state index contributed by atoms with van der Waals surface area (Å²) in [5, 5.41) is 3.49. The minimum Gasteiger partial charge on any atom is -0.349 e. The van der Waals surface area contributed by atoms with Crippen molar-refractivity contribution in [2.45, 2.75) is 24.3 Å². The summed E-state index contributed by atoms with van der Waals surface area (Å²) in [5.41, 5.74) is 1.69. The van der Waals surface area contributed by atoms with E-state index in [1.807, 2.05) is 13.0 Å². The molecule has 122 valence electrons. The van der Waals surface area contributed by atoms with Gasteiger partial charge in [0.2, 0.25) is 5.91 Å². The number of hydrogen-bond donors (Lipinski definition) is 1. The Balaban J connectivity index is 2.01. The summed E-state index contributed by atoms with van der Waals surface area (Å²) in [6.07, 6.45) is 1.41. The molecule has 0 saturated heterocycles. The zero-order valence-corrected chi connectivity index (χ0v) is 14.5. The Morgan fingerprint density at radius 3 is 2.39 bits per heavy atom. The number of carbonyl (C=O) groups is 1. The maximum Gasteiger partial charge on any atom is 0.224 e. The van der Waals surface area contributed by atoms with E-state index in [-0.39, 0.29) is 23.3 Å². The SMILES string of the molecule is C[C@@H](NC(=O)Cc1cccc(Cl)c1)c1ccc(S(C)(=O)=O)cc1. The summed E-state index contributed by atoms with van der Waals surface area (Å²) >= 11 is 5.90. The van der Waals surface area contributed by atoms with E-state index < -0.39 is 9.84 Å². The lowest BCUT2D eigenvalue weighted by Gasteiger charge is -2.15. The summed E-state index contributed by atoms with van der Waals surface area (Å²) in [4.78, 5) is 12.3. The fourth-order valence-corrected chi connectivity index (χ4v) is 3.06. The van der Waals surface area contributed by atoms with Gasteiger partial charge in [-0.25, -0.2) is 8.42 Å². The molecule has 1 atom stereocenters. The van der Waals surface area contributed by atoms with Crippen molar-refractivity contribution < 1.29 is 13.2 Å². The third-order valence-electron chi connectivity index (χ3n) is 3.44. The molecule has 2 rings (SSSR count). The van der Waals surface area contributed by atoms with Crippen molar-refractivity contribution in [2.24, 2.45) is 0 Å². The summed E-state index contributed by atoms with van der Waals surface area (Å²) in [6.45, 7) is 1.85. The van der Waals surface area contributed by atoms with Gasteiger partial charge >= 0.3 is 0 Å². The number of hydrogen-bond acceptors (Lipinski definition) is 3. The van der Waals surface area contributed by atoms with Gasteiger partial charge in [0.05, 0.1) is 17.4 Å². The van der Waals surface area contributed by atoms with Crippen LogP contribution in [-0.4, -0.2) is 20.6 Å². The van der Waals surface area contributed by atoms with Crippen LogP contribution in [0.2, 0.25) is 5.02 Å². The van der Waals surface area contributed by atoms with Crippen LogP contribution in [0, 0.1) is 0 Å². The highest BCUT2D eigenvalue weighted by Crippen LogP contribution is 2.17. The number of sulfone groups is 1. The Morgan fingerprint density at radius 2 is 1.83 bits per heavy atom. The Labute approximate surface area is 141 Å². The number of amides is 1. The predicted molar refractivity (Wildman–Crippen MR) is 91.3 cm³/mol. The highest BCUT2D eigenvalue weighted by Gasteiger charge is 2.12. The van der Waals surface area contributed by atoms with Gasteiger partial charge in [-0.1, -0.05) is 35.9 Å². The molecule has 0 heterocycles. The Hall–Kier alpha value is -1.85. The van der Waals surface area contributed by atoms with Crippen molar-refractivity contribution in [3.8, 4) is 0 Å². The van der Waals surface area contributed by atoms with Gasteiger partial charge < -0.3 is 5.32 Å². The van der Waals surface area contributed by atoms with E-state index in [9.17, 15) is 13.2 Å². The van der Waals surface area contributed by atoms with Gasteiger partial charge in [0.1, 0.15) is 0 Å². The van der Waals surface area contributed by atoms with Gasteiger partial charge in [-0.15, -0.1) is 0 Å². The lowest BCUT2D eigenvalue weighted by atomic mass is 10.1. The Kier molecular flexibility index (Phi) is 5.44. The van der Waals surface area contributed by atoms with E-state index in [1.165, 1.54) is 0 Å². The molecule has 0 bridgehead atoms. The Morgan fingerprint density at radius 1 is 1.17 bits per heavy atom. The van der Waals surface area contributed by atoms with Crippen LogP contribution in [0.1, 0.15) is 24.1 Å². The highest BCUT2D eigenvalue weighted by atomic mass is 35.5. The van der Waals surface area contributed by atoms with Gasteiger partial charge in [0.25, 0.3) is 0 Å². The minimum absolute atomic E-state index is 0.119. The molecule has 1 N–H and O–H groups in total. The molecule has 1 amide bonds. The van der Waals surface area contributed by atoms with Crippen molar-refractivity contribution in [3.05, 3.63) is 64.7 Å². The van der Waals surface area contributed by atoms with Crippen LogP contribution in [0.15, 0.2) is 53.4 Å².